The molecule has 1 aromatic rings. The van der Waals surface area contributed by atoms with E-state index in [1.807, 2.05) is 0 Å². The number of aromatic nitrogens is 1. The maximum atomic E-state index is 11.5. The first-order valence-electron chi connectivity index (χ1n) is 6.52. The van der Waals surface area contributed by atoms with Crippen molar-refractivity contribution >= 4 is 11.3 Å². The van der Waals surface area contributed by atoms with Gasteiger partial charge in [0, 0.05) is 17.1 Å². The van der Waals surface area contributed by atoms with Crippen molar-refractivity contribution in [1.82, 2.24) is 9.88 Å². The molecular weight excluding hydrogens is 232 g/mol. The fraction of sp³-hybridized carbons (Fsp3) is 0.769. The summed E-state index contributed by atoms with van der Waals surface area (Å²) in [6.45, 7) is 11.8. The number of aromatic amines is 1. The van der Waals surface area contributed by atoms with E-state index in [1.165, 1.54) is 16.2 Å². The van der Waals surface area contributed by atoms with Crippen molar-refractivity contribution in [3.63, 3.8) is 0 Å². The molecule has 3 nitrogen and oxygen atoms in total. The molecule has 98 valence electrons. The number of thiazole rings is 1. The molecule has 0 radical (unpaired) electrons. The van der Waals surface area contributed by atoms with Gasteiger partial charge in [-0.3, -0.25) is 9.69 Å². The van der Waals surface area contributed by atoms with Crippen molar-refractivity contribution in [2.75, 3.05) is 13.1 Å². The van der Waals surface area contributed by atoms with Crippen LogP contribution in [0.1, 0.15) is 57.0 Å². The number of nitrogens with zero attached hydrogens (tertiary/aromatic N) is 1. The van der Waals surface area contributed by atoms with Gasteiger partial charge in [0.25, 0.3) is 0 Å². The lowest BCUT2D eigenvalue weighted by molar-refractivity contribution is 0.267. The van der Waals surface area contributed by atoms with E-state index in [9.17, 15) is 4.79 Å². The minimum Gasteiger partial charge on any atom is -0.316 e. The SMILES string of the molecule is CCCN(CCC)Cc1sc(=O)[nH]c1C(C)C. The molecule has 0 aliphatic heterocycles. The molecule has 0 spiro atoms. The fourth-order valence-corrected chi connectivity index (χ4v) is 3.09. The molecular formula is C13H24N2OS. The summed E-state index contributed by atoms with van der Waals surface area (Å²) in [5.74, 6) is 0.397. The number of nitrogens with one attached hydrogen (secondary N) is 1. The fourth-order valence-electron chi connectivity index (χ4n) is 2.06. The third-order valence-electron chi connectivity index (χ3n) is 2.78. The summed E-state index contributed by atoms with van der Waals surface area (Å²) in [4.78, 5) is 18.2. The molecule has 0 saturated heterocycles. The van der Waals surface area contributed by atoms with E-state index in [0.717, 1.165) is 38.2 Å². The molecule has 0 unspecified atom stereocenters. The van der Waals surface area contributed by atoms with Gasteiger partial charge in [0.05, 0.1) is 0 Å². The van der Waals surface area contributed by atoms with E-state index >= 15 is 0 Å². The second kappa shape index (κ2) is 6.97. The molecule has 0 aliphatic carbocycles. The van der Waals surface area contributed by atoms with Crippen LogP contribution in [0.4, 0.5) is 0 Å². The van der Waals surface area contributed by atoms with Gasteiger partial charge in [-0.1, -0.05) is 39.0 Å². The number of rotatable bonds is 7. The minimum atomic E-state index is 0.0802. The molecule has 0 atom stereocenters. The van der Waals surface area contributed by atoms with E-state index in [0.29, 0.717) is 5.92 Å². The zero-order chi connectivity index (χ0) is 12.8. The molecule has 4 heteroatoms. The molecule has 1 heterocycles. The number of H-pyrrole nitrogens is 1. The topological polar surface area (TPSA) is 36.1 Å². The summed E-state index contributed by atoms with van der Waals surface area (Å²) in [6, 6.07) is 0. The van der Waals surface area contributed by atoms with Crippen molar-refractivity contribution in [3.05, 3.63) is 20.2 Å². The lowest BCUT2D eigenvalue weighted by atomic mass is 10.1. The highest BCUT2D eigenvalue weighted by Gasteiger charge is 2.14. The second-order valence-corrected chi connectivity index (χ2v) is 5.85. The lowest BCUT2D eigenvalue weighted by Crippen LogP contribution is -2.25. The first kappa shape index (κ1) is 14.5. The van der Waals surface area contributed by atoms with Crippen molar-refractivity contribution in [2.45, 2.75) is 53.0 Å². The summed E-state index contributed by atoms with van der Waals surface area (Å²) in [5.41, 5.74) is 1.12. The molecule has 1 aromatic heterocycles. The van der Waals surface area contributed by atoms with Gasteiger partial charge in [-0.05, 0) is 31.8 Å². The third kappa shape index (κ3) is 4.28. The Balaban J connectivity index is 2.80. The monoisotopic (exact) mass is 256 g/mol. The highest BCUT2D eigenvalue weighted by atomic mass is 32.1. The second-order valence-electron chi connectivity index (χ2n) is 4.78. The Bertz CT molecular complexity index is 375. The Hall–Kier alpha value is -0.610. The Morgan fingerprint density at radius 3 is 2.29 bits per heavy atom. The van der Waals surface area contributed by atoms with Gasteiger partial charge in [-0.15, -0.1) is 0 Å². The summed E-state index contributed by atoms with van der Waals surface area (Å²) in [5, 5.41) is 0. The van der Waals surface area contributed by atoms with Crippen LogP contribution in [0.3, 0.4) is 0 Å². The van der Waals surface area contributed by atoms with E-state index in [4.69, 9.17) is 0 Å². The van der Waals surface area contributed by atoms with Crippen molar-refractivity contribution in [3.8, 4) is 0 Å². The van der Waals surface area contributed by atoms with Crippen LogP contribution in [0, 0.1) is 0 Å². The highest BCUT2D eigenvalue weighted by Crippen LogP contribution is 2.20. The van der Waals surface area contributed by atoms with Crippen LogP contribution in [-0.4, -0.2) is 23.0 Å². The molecule has 0 amide bonds. The molecule has 0 fully saturated rings. The molecule has 0 saturated carbocycles. The minimum absolute atomic E-state index is 0.0802. The van der Waals surface area contributed by atoms with Crippen LogP contribution in [0.5, 0.6) is 0 Å². The number of hydrogen-bond acceptors (Lipinski definition) is 3. The summed E-state index contributed by atoms with van der Waals surface area (Å²) in [6.07, 6.45) is 2.33. The third-order valence-corrected chi connectivity index (χ3v) is 3.66. The molecule has 0 bridgehead atoms. The standard InChI is InChI=1S/C13H24N2OS/c1-5-7-15(8-6-2)9-11-12(10(3)4)14-13(16)17-11/h10H,5-9H2,1-4H3,(H,14,16). The van der Waals surface area contributed by atoms with Gasteiger partial charge in [0.15, 0.2) is 0 Å². The van der Waals surface area contributed by atoms with Crippen LogP contribution >= 0.6 is 11.3 Å². The van der Waals surface area contributed by atoms with Gasteiger partial charge in [-0.25, -0.2) is 0 Å². The maximum Gasteiger partial charge on any atom is 0.304 e. The van der Waals surface area contributed by atoms with Gasteiger partial charge < -0.3 is 4.98 Å². The Kier molecular flexibility index (Phi) is 5.92. The molecule has 17 heavy (non-hydrogen) atoms. The summed E-state index contributed by atoms with van der Waals surface area (Å²) in [7, 11) is 0. The lowest BCUT2D eigenvalue weighted by Gasteiger charge is -2.21. The van der Waals surface area contributed by atoms with Crippen molar-refractivity contribution < 1.29 is 0 Å². The molecule has 1 N–H and O–H groups in total. The van der Waals surface area contributed by atoms with Gasteiger partial charge in [0.1, 0.15) is 0 Å². The predicted octanol–water partition coefficient (Wildman–Crippen LogP) is 3.18. The Labute approximate surface area is 108 Å². The zero-order valence-corrected chi connectivity index (χ0v) is 12.2. The normalized spacial score (nSPS) is 11.6. The van der Waals surface area contributed by atoms with E-state index in [1.54, 1.807) is 0 Å². The summed E-state index contributed by atoms with van der Waals surface area (Å²) < 4.78 is 0. The first-order valence-corrected chi connectivity index (χ1v) is 7.34. The van der Waals surface area contributed by atoms with Crippen LogP contribution < -0.4 is 4.87 Å². The zero-order valence-electron chi connectivity index (χ0n) is 11.4. The molecule has 1 rings (SSSR count). The van der Waals surface area contributed by atoms with Gasteiger partial charge >= 0.3 is 4.87 Å². The van der Waals surface area contributed by atoms with Crippen molar-refractivity contribution in [1.29, 1.82) is 0 Å². The average Bonchev–Trinajstić information content (AvgIpc) is 2.60. The first-order chi connectivity index (χ1) is 8.08. The van der Waals surface area contributed by atoms with Crippen LogP contribution in [0.15, 0.2) is 4.79 Å². The van der Waals surface area contributed by atoms with E-state index in [2.05, 4.69) is 37.6 Å². The largest absolute Gasteiger partial charge is 0.316 e. The van der Waals surface area contributed by atoms with E-state index < -0.39 is 0 Å². The quantitative estimate of drug-likeness (QED) is 0.813. The number of hydrogen-bond donors (Lipinski definition) is 1. The van der Waals surface area contributed by atoms with Crippen LogP contribution in [0.2, 0.25) is 0 Å². The van der Waals surface area contributed by atoms with Gasteiger partial charge in [-0.2, -0.15) is 0 Å². The average molecular weight is 256 g/mol. The Morgan fingerprint density at radius 1 is 1.24 bits per heavy atom. The molecule has 0 aliphatic rings. The van der Waals surface area contributed by atoms with E-state index in [-0.39, 0.29) is 4.87 Å². The Morgan fingerprint density at radius 2 is 1.82 bits per heavy atom. The summed E-state index contributed by atoms with van der Waals surface area (Å²) >= 11 is 1.37. The predicted molar refractivity (Wildman–Crippen MR) is 74.9 cm³/mol. The van der Waals surface area contributed by atoms with Crippen molar-refractivity contribution in [2.24, 2.45) is 0 Å². The van der Waals surface area contributed by atoms with Crippen LogP contribution in [0.25, 0.3) is 0 Å². The van der Waals surface area contributed by atoms with Gasteiger partial charge in [0.2, 0.25) is 0 Å². The maximum absolute atomic E-state index is 11.5. The van der Waals surface area contributed by atoms with Crippen LogP contribution in [-0.2, 0) is 6.54 Å². The smallest absolute Gasteiger partial charge is 0.304 e. The highest BCUT2D eigenvalue weighted by molar-refractivity contribution is 7.09. The molecule has 0 aromatic carbocycles.